The monoisotopic (exact) mass is 237 g/mol. The normalized spacial score (nSPS) is 21.0. The molecule has 3 heteroatoms. The van der Waals surface area contributed by atoms with Gasteiger partial charge >= 0.3 is 0 Å². The minimum atomic E-state index is 0.361. The van der Waals surface area contributed by atoms with Gasteiger partial charge in [-0.2, -0.15) is 0 Å². The third kappa shape index (κ3) is 3.24. The summed E-state index contributed by atoms with van der Waals surface area (Å²) in [6.07, 6.45) is 0.361. The van der Waals surface area contributed by atoms with Gasteiger partial charge in [-0.05, 0) is 37.1 Å². The molecular weight excluding hydrogens is 218 g/mol. The van der Waals surface area contributed by atoms with Crippen LogP contribution >= 0.6 is 11.8 Å². The molecule has 0 saturated carbocycles. The van der Waals surface area contributed by atoms with Crippen molar-refractivity contribution in [2.24, 2.45) is 0 Å². The molecule has 1 aromatic carbocycles. The van der Waals surface area contributed by atoms with E-state index in [1.807, 2.05) is 11.8 Å². The number of morpholine rings is 1. The Bertz CT molecular complexity index is 348. The van der Waals surface area contributed by atoms with Crippen molar-refractivity contribution in [3.63, 3.8) is 0 Å². The lowest BCUT2D eigenvalue weighted by Crippen LogP contribution is -2.39. The van der Waals surface area contributed by atoms with Gasteiger partial charge < -0.3 is 10.1 Å². The molecule has 0 aromatic heterocycles. The van der Waals surface area contributed by atoms with Crippen LogP contribution in [-0.4, -0.2) is 31.6 Å². The molecule has 1 unspecified atom stereocenters. The highest BCUT2D eigenvalue weighted by Crippen LogP contribution is 2.22. The van der Waals surface area contributed by atoms with Crippen molar-refractivity contribution in [2.45, 2.75) is 24.8 Å². The molecule has 88 valence electrons. The van der Waals surface area contributed by atoms with Gasteiger partial charge in [0.15, 0.2) is 0 Å². The van der Waals surface area contributed by atoms with E-state index in [1.54, 1.807) is 0 Å². The fraction of sp³-hybridized carbons (Fsp3) is 0.538. The van der Waals surface area contributed by atoms with Crippen molar-refractivity contribution < 1.29 is 4.74 Å². The molecule has 0 amide bonds. The number of rotatable bonds is 3. The lowest BCUT2D eigenvalue weighted by atomic mass is 10.1. The molecule has 1 heterocycles. The third-order valence-corrected chi connectivity index (χ3v) is 4.04. The SMILES string of the molecule is Cc1ccc(SCC2CNCCO2)cc1C. The van der Waals surface area contributed by atoms with Crippen molar-refractivity contribution in [1.82, 2.24) is 5.32 Å². The third-order valence-electron chi connectivity index (χ3n) is 2.92. The Morgan fingerprint density at radius 2 is 2.25 bits per heavy atom. The summed E-state index contributed by atoms with van der Waals surface area (Å²) >= 11 is 1.88. The Hall–Kier alpha value is -0.510. The van der Waals surface area contributed by atoms with Gasteiger partial charge in [0, 0.05) is 23.7 Å². The molecule has 0 aliphatic carbocycles. The van der Waals surface area contributed by atoms with Crippen LogP contribution < -0.4 is 5.32 Å². The van der Waals surface area contributed by atoms with Crippen LogP contribution in [0.25, 0.3) is 0 Å². The number of nitrogens with one attached hydrogen (secondary N) is 1. The number of thioether (sulfide) groups is 1. The molecule has 2 rings (SSSR count). The first kappa shape index (κ1) is 12.0. The second-order valence-corrected chi connectivity index (χ2v) is 5.35. The Labute approximate surface area is 102 Å². The van der Waals surface area contributed by atoms with Crippen molar-refractivity contribution >= 4 is 11.8 Å². The molecule has 1 aromatic rings. The predicted molar refractivity (Wildman–Crippen MR) is 69.2 cm³/mol. The van der Waals surface area contributed by atoms with Crippen LogP contribution in [0.1, 0.15) is 11.1 Å². The summed E-state index contributed by atoms with van der Waals surface area (Å²) in [6, 6.07) is 6.65. The van der Waals surface area contributed by atoms with E-state index < -0.39 is 0 Å². The van der Waals surface area contributed by atoms with Gasteiger partial charge in [-0.1, -0.05) is 6.07 Å². The Kier molecular flexibility index (Phi) is 4.27. The first-order chi connectivity index (χ1) is 7.75. The lowest BCUT2D eigenvalue weighted by Gasteiger charge is -2.23. The van der Waals surface area contributed by atoms with Crippen LogP contribution in [0.5, 0.6) is 0 Å². The fourth-order valence-electron chi connectivity index (χ4n) is 1.72. The average molecular weight is 237 g/mol. The van der Waals surface area contributed by atoms with Crippen LogP contribution in [0, 0.1) is 13.8 Å². The van der Waals surface area contributed by atoms with E-state index in [0.717, 1.165) is 25.4 Å². The number of hydrogen-bond acceptors (Lipinski definition) is 3. The Morgan fingerprint density at radius 1 is 1.38 bits per heavy atom. The molecule has 0 radical (unpaired) electrons. The summed E-state index contributed by atoms with van der Waals surface area (Å²) in [5.41, 5.74) is 2.73. The molecule has 1 saturated heterocycles. The Balaban J connectivity index is 1.86. The van der Waals surface area contributed by atoms with Crippen LogP contribution in [0.15, 0.2) is 23.1 Å². The van der Waals surface area contributed by atoms with E-state index in [-0.39, 0.29) is 0 Å². The van der Waals surface area contributed by atoms with Crippen LogP contribution in [-0.2, 0) is 4.74 Å². The van der Waals surface area contributed by atoms with Gasteiger partial charge in [-0.15, -0.1) is 11.8 Å². The molecule has 0 spiro atoms. The average Bonchev–Trinajstić information content (AvgIpc) is 2.32. The van der Waals surface area contributed by atoms with Gasteiger partial charge in [0.2, 0.25) is 0 Å². The molecule has 1 atom stereocenters. The quantitative estimate of drug-likeness (QED) is 0.816. The maximum atomic E-state index is 5.67. The van der Waals surface area contributed by atoms with Gasteiger partial charge in [-0.25, -0.2) is 0 Å². The van der Waals surface area contributed by atoms with Gasteiger partial charge in [0.25, 0.3) is 0 Å². The molecule has 1 N–H and O–H groups in total. The smallest absolute Gasteiger partial charge is 0.0793 e. The highest BCUT2D eigenvalue weighted by atomic mass is 32.2. The topological polar surface area (TPSA) is 21.3 Å². The highest BCUT2D eigenvalue weighted by molar-refractivity contribution is 7.99. The largest absolute Gasteiger partial charge is 0.375 e. The Morgan fingerprint density at radius 3 is 2.94 bits per heavy atom. The van der Waals surface area contributed by atoms with E-state index in [9.17, 15) is 0 Å². The van der Waals surface area contributed by atoms with E-state index >= 15 is 0 Å². The molecule has 0 bridgehead atoms. The van der Waals surface area contributed by atoms with Crippen LogP contribution in [0.3, 0.4) is 0 Å². The van der Waals surface area contributed by atoms with E-state index in [4.69, 9.17) is 4.74 Å². The molecule has 1 aliphatic rings. The maximum absolute atomic E-state index is 5.67. The minimum Gasteiger partial charge on any atom is -0.375 e. The molecular formula is C13H19NOS. The zero-order valence-corrected chi connectivity index (χ0v) is 10.8. The summed E-state index contributed by atoms with van der Waals surface area (Å²) in [5.74, 6) is 1.04. The highest BCUT2D eigenvalue weighted by Gasteiger charge is 2.13. The first-order valence-corrected chi connectivity index (χ1v) is 6.76. The molecule has 2 nitrogen and oxygen atoms in total. The minimum absolute atomic E-state index is 0.361. The standard InChI is InChI=1S/C13H19NOS/c1-10-3-4-13(7-11(10)2)16-9-12-8-14-5-6-15-12/h3-4,7,12,14H,5-6,8-9H2,1-2H3. The van der Waals surface area contributed by atoms with Gasteiger partial charge in [0.05, 0.1) is 12.7 Å². The lowest BCUT2D eigenvalue weighted by molar-refractivity contribution is 0.0441. The molecule has 16 heavy (non-hydrogen) atoms. The fourth-order valence-corrected chi connectivity index (χ4v) is 2.74. The van der Waals surface area contributed by atoms with Crippen LogP contribution in [0.4, 0.5) is 0 Å². The number of aryl methyl sites for hydroxylation is 2. The zero-order valence-electron chi connectivity index (χ0n) is 9.95. The molecule has 1 aliphatic heterocycles. The van der Waals surface area contributed by atoms with Crippen LogP contribution in [0.2, 0.25) is 0 Å². The predicted octanol–water partition coefficient (Wildman–Crippen LogP) is 2.38. The summed E-state index contributed by atoms with van der Waals surface area (Å²) < 4.78 is 5.67. The zero-order chi connectivity index (χ0) is 11.4. The van der Waals surface area contributed by atoms with Crippen molar-refractivity contribution in [3.05, 3.63) is 29.3 Å². The number of hydrogen-bond donors (Lipinski definition) is 1. The number of ether oxygens (including phenoxy) is 1. The number of benzene rings is 1. The second-order valence-electron chi connectivity index (χ2n) is 4.25. The second kappa shape index (κ2) is 5.71. The van der Waals surface area contributed by atoms with Gasteiger partial charge in [0.1, 0.15) is 0 Å². The summed E-state index contributed by atoms with van der Waals surface area (Å²) in [6.45, 7) is 7.14. The summed E-state index contributed by atoms with van der Waals surface area (Å²) in [7, 11) is 0. The van der Waals surface area contributed by atoms with E-state index in [1.165, 1.54) is 16.0 Å². The van der Waals surface area contributed by atoms with Crippen molar-refractivity contribution in [3.8, 4) is 0 Å². The van der Waals surface area contributed by atoms with E-state index in [2.05, 4.69) is 37.4 Å². The summed E-state index contributed by atoms with van der Waals surface area (Å²) in [4.78, 5) is 1.34. The maximum Gasteiger partial charge on any atom is 0.0793 e. The molecule has 1 fully saturated rings. The van der Waals surface area contributed by atoms with Gasteiger partial charge in [-0.3, -0.25) is 0 Å². The van der Waals surface area contributed by atoms with E-state index in [0.29, 0.717) is 6.10 Å². The first-order valence-electron chi connectivity index (χ1n) is 5.78. The van der Waals surface area contributed by atoms with Crippen molar-refractivity contribution in [2.75, 3.05) is 25.4 Å². The summed E-state index contributed by atoms with van der Waals surface area (Å²) in [5, 5.41) is 3.35. The van der Waals surface area contributed by atoms with Crippen molar-refractivity contribution in [1.29, 1.82) is 0 Å².